The van der Waals surface area contributed by atoms with Gasteiger partial charge in [0.1, 0.15) is 0 Å². The molecule has 1 heterocycles. The van der Waals surface area contributed by atoms with E-state index in [-0.39, 0.29) is 0 Å². The Morgan fingerprint density at radius 1 is 1.05 bits per heavy atom. The van der Waals surface area contributed by atoms with Gasteiger partial charge in [-0.05, 0) is 24.5 Å². The highest BCUT2D eigenvalue weighted by Gasteiger charge is 2.17. The Morgan fingerprint density at radius 3 is 2.70 bits per heavy atom. The first-order valence-electron chi connectivity index (χ1n) is 7.80. The molecular formula is C18H22BrN. The highest BCUT2D eigenvalue weighted by molar-refractivity contribution is 9.09. The van der Waals surface area contributed by atoms with Crippen LogP contribution in [-0.4, -0.2) is 9.81 Å². The van der Waals surface area contributed by atoms with Crippen LogP contribution in [0.1, 0.15) is 44.2 Å². The van der Waals surface area contributed by atoms with E-state index in [2.05, 4.69) is 52.3 Å². The van der Waals surface area contributed by atoms with Gasteiger partial charge in [-0.15, -0.1) is 0 Å². The lowest BCUT2D eigenvalue weighted by atomic mass is 9.85. The third-order valence-corrected chi connectivity index (χ3v) is 5.10. The average Bonchev–Trinajstić information content (AvgIpc) is 2.48. The lowest BCUT2D eigenvalue weighted by molar-refractivity contribution is 0.337. The van der Waals surface area contributed by atoms with Gasteiger partial charge in [0.2, 0.25) is 0 Å². The number of para-hydroxylation sites is 1. The number of nitrogens with zero attached hydrogens (tertiary/aromatic N) is 1. The van der Waals surface area contributed by atoms with Crippen molar-refractivity contribution in [2.45, 2.75) is 49.8 Å². The van der Waals surface area contributed by atoms with Crippen molar-refractivity contribution in [3.63, 3.8) is 0 Å². The molecule has 1 aromatic carbocycles. The number of pyridine rings is 1. The van der Waals surface area contributed by atoms with E-state index in [0.717, 1.165) is 17.9 Å². The maximum atomic E-state index is 4.78. The largest absolute Gasteiger partial charge is 0.253 e. The first-order valence-corrected chi connectivity index (χ1v) is 8.71. The van der Waals surface area contributed by atoms with Gasteiger partial charge >= 0.3 is 0 Å². The molecule has 0 bridgehead atoms. The van der Waals surface area contributed by atoms with Crippen LogP contribution in [0.5, 0.6) is 0 Å². The van der Waals surface area contributed by atoms with Gasteiger partial charge in [-0.3, -0.25) is 4.98 Å². The Hall–Kier alpha value is -0.890. The van der Waals surface area contributed by atoms with Crippen molar-refractivity contribution in [1.29, 1.82) is 0 Å². The zero-order chi connectivity index (χ0) is 13.8. The smallest absolute Gasteiger partial charge is 0.0705 e. The molecule has 0 N–H and O–H groups in total. The quantitative estimate of drug-likeness (QED) is 0.673. The van der Waals surface area contributed by atoms with E-state index in [9.17, 15) is 0 Å². The van der Waals surface area contributed by atoms with Crippen LogP contribution >= 0.6 is 15.9 Å². The predicted octanol–water partition coefficient (Wildman–Crippen LogP) is 5.51. The topological polar surface area (TPSA) is 12.9 Å². The van der Waals surface area contributed by atoms with Crippen molar-refractivity contribution in [2.24, 2.45) is 5.92 Å². The Bertz CT molecular complexity index is 560. The number of rotatable bonds is 4. The minimum atomic E-state index is 0.569. The Kier molecular flexibility index (Phi) is 4.72. The van der Waals surface area contributed by atoms with E-state index in [1.165, 1.54) is 49.6 Å². The highest BCUT2D eigenvalue weighted by Crippen LogP contribution is 2.30. The van der Waals surface area contributed by atoms with Crippen LogP contribution in [0, 0.1) is 5.92 Å². The molecule has 106 valence electrons. The fourth-order valence-corrected chi connectivity index (χ4v) is 4.18. The molecule has 1 nitrogen and oxygen atoms in total. The molecule has 0 amide bonds. The molecule has 0 spiro atoms. The summed E-state index contributed by atoms with van der Waals surface area (Å²) in [5, 5.41) is 1.23. The normalized spacial score (nSPS) is 18.2. The van der Waals surface area contributed by atoms with Gasteiger partial charge in [0.15, 0.2) is 0 Å². The summed E-state index contributed by atoms with van der Waals surface area (Å²) in [5.41, 5.74) is 2.32. The van der Waals surface area contributed by atoms with Crippen molar-refractivity contribution < 1.29 is 0 Å². The van der Waals surface area contributed by atoms with Crippen LogP contribution in [0.3, 0.4) is 0 Å². The molecule has 1 aliphatic carbocycles. The minimum Gasteiger partial charge on any atom is -0.253 e. The molecule has 0 aliphatic heterocycles. The average molecular weight is 332 g/mol. The fourth-order valence-electron chi connectivity index (χ4n) is 3.32. The first-order chi connectivity index (χ1) is 9.81. The molecule has 2 aromatic rings. The third kappa shape index (κ3) is 3.60. The Labute approximate surface area is 129 Å². The van der Waals surface area contributed by atoms with E-state index >= 15 is 0 Å². The minimum absolute atomic E-state index is 0.569. The van der Waals surface area contributed by atoms with Crippen molar-refractivity contribution in [2.75, 3.05) is 0 Å². The summed E-state index contributed by atoms with van der Waals surface area (Å²) < 4.78 is 0. The van der Waals surface area contributed by atoms with E-state index in [0.29, 0.717) is 4.83 Å². The number of aromatic nitrogens is 1. The summed E-state index contributed by atoms with van der Waals surface area (Å²) >= 11 is 3.87. The van der Waals surface area contributed by atoms with Crippen LogP contribution in [0.4, 0.5) is 0 Å². The summed E-state index contributed by atoms with van der Waals surface area (Å²) in [6, 6.07) is 12.7. The van der Waals surface area contributed by atoms with Crippen molar-refractivity contribution in [1.82, 2.24) is 4.98 Å². The molecule has 1 aliphatic rings. The molecule has 0 saturated heterocycles. The van der Waals surface area contributed by atoms with Gasteiger partial charge in [-0.2, -0.15) is 0 Å². The summed E-state index contributed by atoms with van der Waals surface area (Å²) in [6.07, 6.45) is 9.49. The lowest BCUT2D eigenvalue weighted by Gasteiger charge is -2.23. The molecule has 1 saturated carbocycles. The highest BCUT2D eigenvalue weighted by atomic mass is 79.9. The summed E-state index contributed by atoms with van der Waals surface area (Å²) in [5.74, 6) is 0.925. The SMILES string of the molecule is BrC(Cc1ccc2ccccc2n1)CC1CCCCC1. The maximum Gasteiger partial charge on any atom is 0.0705 e. The fraction of sp³-hybridized carbons (Fsp3) is 0.500. The number of halogens is 1. The van der Waals surface area contributed by atoms with Crippen molar-refractivity contribution in [3.05, 3.63) is 42.1 Å². The molecule has 1 aromatic heterocycles. The molecule has 20 heavy (non-hydrogen) atoms. The summed E-state index contributed by atoms with van der Waals surface area (Å²) in [4.78, 5) is 5.35. The predicted molar refractivity (Wildman–Crippen MR) is 89.4 cm³/mol. The van der Waals surface area contributed by atoms with E-state index < -0.39 is 0 Å². The standard InChI is InChI=1S/C18H22BrN/c19-16(12-14-6-2-1-3-7-14)13-17-11-10-15-8-4-5-9-18(15)20-17/h4-5,8-11,14,16H,1-3,6-7,12-13H2. The van der Waals surface area contributed by atoms with Crippen LogP contribution < -0.4 is 0 Å². The van der Waals surface area contributed by atoms with Crippen LogP contribution in [0.15, 0.2) is 36.4 Å². The second kappa shape index (κ2) is 6.71. The Balaban J connectivity index is 1.62. The van der Waals surface area contributed by atoms with E-state index in [1.54, 1.807) is 0 Å². The van der Waals surface area contributed by atoms with E-state index in [1.807, 2.05) is 0 Å². The van der Waals surface area contributed by atoms with Crippen LogP contribution in [-0.2, 0) is 6.42 Å². The second-order valence-corrected chi connectivity index (χ2v) is 7.33. The van der Waals surface area contributed by atoms with Gasteiger partial charge in [-0.25, -0.2) is 0 Å². The second-order valence-electron chi connectivity index (χ2n) is 6.04. The molecule has 3 rings (SSSR count). The zero-order valence-corrected chi connectivity index (χ0v) is 13.5. The van der Waals surface area contributed by atoms with Gasteiger partial charge in [-0.1, -0.05) is 72.3 Å². The van der Waals surface area contributed by atoms with Crippen molar-refractivity contribution in [3.8, 4) is 0 Å². The number of benzene rings is 1. The molecule has 1 atom stereocenters. The van der Waals surface area contributed by atoms with Gasteiger partial charge in [0.25, 0.3) is 0 Å². The summed E-state index contributed by atoms with van der Waals surface area (Å²) in [7, 11) is 0. The van der Waals surface area contributed by atoms with Crippen LogP contribution in [0.25, 0.3) is 10.9 Å². The zero-order valence-electron chi connectivity index (χ0n) is 11.9. The van der Waals surface area contributed by atoms with Gasteiger partial charge < -0.3 is 0 Å². The first kappa shape index (κ1) is 14.1. The molecule has 0 radical (unpaired) electrons. The maximum absolute atomic E-state index is 4.78. The molecular weight excluding hydrogens is 310 g/mol. The monoisotopic (exact) mass is 331 g/mol. The van der Waals surface area contributed by atoms with Gasteiger partial charge in [0.05, 0.1) is 5.52 Å². The number of hydrogen-bond acceptors (Lipinski definition) is 1. The molecule has 2 heteroatoms. The van der Waals surface area contributed by atoms with E-state index in [4.69, 9.17) is 4.98 Å². The summed E-state index contributed by atoms with van der Waals surface area (Å²) in [6.45, 7) is 0. The van der Waals surface area contributed by atoms with Crippen molar-refractivity contribution >= 4 is 26.8 Å². The Morgan fingerprint density at radius 2 is 1.85 bits per heavy atom. The van der Waals surface area contributed by atoms with Crippen LogP contribution in [0.2, 0.25) is 0 Å². The molecule has 1 fully saturated rings. The number of alkyl halides is 1. The number of fused-ring (bicyclic) bond motifs is 1. The number of hydrogen-bond donors (Lipinski definition) is 0. The van der Waals surface area contributed by atoms with Gasteiger partial charge in [0, 0.05) is 22.3 Å². The lowest BCUT2D eigenvalue weighted by Crippen LogP contribution is -2.14. The molecule has 1 unspecified atom stereocenters. The third-order valence-electron chi connectivity index (χ3n) is 4.40.